The van der Waals surface area contributed by atoms with Crippen molar-refractivity contribution in [2.75, 3.05) is 13.2 Å². The van der Waals surface area contributed by atoms with E-state index in [9.17, 15) is 4.79 Å². The topological polar surface area (TPSA) is 35.5 Å². The van der Waals surface area contributed by atoms with Crippen LogP contribution in [0.5, 0.6) is 0 Å². The summed E-state index contributed by atoms with van der Waals surface area (Å²) in [6.45, 7) is 8.84. The molecule has 0 saturated heterocycles. The van der Waals surface area contributed by atoms with Crippen LogP contribution < -0.4 is 0 Å². The van der Waals surface area contributed by atoms with E-state index in [-0.39, 0.29) is 12.1 Å². The first kappa shape index (κ1) is 18.9. The third kappa shape index (κ3) is 2.75. The molecule has 5 rings (SSSR count). The molecule has 2 heterocycles. The SMILES string of the molecule is CC1CCC23CC2(C)CCCC3C1(C)CCC1=CCC(C2=CC(=O)OC2)OC1. The van der Waals surface area contributed by atoms with Crippen molar-refractivity contribution < 1.29 is 14.3 Å². The lowest BCUT2D eigenvalue weighted by Crippen LogP contribution is -2.47. The highest BCUT2D eigenvalue weighted by molar-refractivity contribution is 5.85. The summed E-state index contributed by atoms with van der Waals surface area (Å²) in [6, 6.07) is 0. The van der Waals surface area contributed by atoms with Crippen molar-refractivity contribution in [2.24, 2.45) is 28.1 Å². The maximum absolute atomic E-state index is 11.3. The van der Waals surface area contributed by atoms with Gasteiger partial charge in [0.1, 0.15) is 6.61 Å². The predicted octanol–water partition coefficient (Wildman–Crippen LogP) is 5.60. The Morgan fingerprint density at radius 2 is 2.04 bits per heavy atom. The van der Waals surface area contributed by atoms with E-state index in [1.807, 2.05) is 0 Å². The molecule has 28 heavy (non-hydrogen) atoms. The second kappa shape index (κ2) is 6.45. The van der Waals surface area contributed by atoms with Gasteiger partial charge >= 0.3 is 5.97 Å². The zero-order valence-corrected chi connectivity index (χ0v) is 17.9. The Labute approximate surface area is 169 Å². The molecule has 3 aliphatic carbocycles. The average Bonchev–Trinajstić information content (AvgIpc) is 3.09. The molecule has 0 aromatic heterocycles. The summed E-state index contributed by atoms with van der Waals surface area (Å²) in [5.41, 5.74) is 4.28. The van der Waals surface area contributed by atoms with Gasteiger partial charge in [0, 0.05) is 11.6 Å². The van der Waals surface area contributed by atoms with Crippen LogP contribution >= 0.6 is 0 Å². The van der Waals surface area contributed by atoms with Crippen LogP contribution in [0.3, 0.4) is 0 Å². The van der Waals surface area contributed by atoms with Gasteiger partial charge in [-0.15, -0.1) is 0 Å². The quantitative estimate of drug-likeness (QED) is 0.468. The zero-order chi connectivity index (χ0) is 19.6. The van der Waals surface area contributed by atoms with Crippen molar-refractivity contribution in [1.29, 1.82) is 0 Å². The second-order valence-electron chi connectivity index (χ2n) is 11.0. The van der Waals surface area contributed by atoms with Crippen LogP contribution in [0.25, 0.3) is 0 Å². The third-order valence-corrected chi connectivity index (χ3v) is 9.79. The van der Waals surface area contributed by atoms with Gasteiger partial charge in [0.05, 0.1) is 12.7 Å². The molecule has 5 aliphatic rings. The number of esters is 1. The minimum absolute atomic E-state index is 0.0353. The van der Waals surface area contributed by atoms with Gasteiger partial charge in [-0.25, -0.2) is 4.79 Å². The maximum Gasteiger partial charge on any atom is 0.331 e. The van der Waals surface area contributed by atoms with Crippen molar-refractivity contribution in [3.05, 3.63) is 23.3 Å². The third-order valence-electron chi connectivity index (χ3n) is 9.79. The van der Waals surface area contributed by atoms with Gasteiger partial charge in [-0.1, -0.05) is 33.3 Å². The van der Waals surface area contributed by atoms with Gasteiger partial charge in [-0.2, -0.15) is 0 Å². The van der Waals surface area contributed by atoms with Gasteiger partial charge in [-0.3, -0.25) is 0 Å². The largest absolute Gasteiger partial charge is 0.458 e. The monoisotopic (exact) mass is 384 g/mol. The molecule has 2 aliphatic heterocycles. The van der Waals surface area contributed by atoms with E-state index in [0.29, 0.717) is 29.5 Å². The molecule has 3 heteroatoms. The Balaban J connectivity index is 1.25. The normalized spacial score (nSPS) is 47.5. The van der Waals surface area contributed by atoms with E-state index in [1.165, 1.54) is 56.9 Å². The van der Waals surface area contributed by atoms with Gasteiger partial charge in [-0.05, 0) is 85.0 Å². The number of carbonyl (C=O) groups is 1. The van der Waals surface area contributed by atoms with Crippen LogP contribution in [0.4, 0.5) is 0 Å². The van der Waals surface area contributed by atoms with E-state index >= 15 is 0 Å². The Hall–Kier alpha value is -1.09. The van der Waals surface area contributed by atoms with Crippen LogP contribution in [-0.2, 0) is 14.3 Å². The molecular weight excluding hydrogens is 348 g/mol. The molecule has 0 N–H and O–H groups in total. The molecule has 0 radical (unpaired) electrons. The first-order valence-corrected chi connectivity index (χ1v) is 11.5. The first-order chi connectivity index (χ1) is 13.4. The number of carbonyl (C=O) groups excluding carboxylic acids is 1. The summed E-state index contributed by atoms with van der Waals surface area (Å²) in [6.07, 6.45) is 16.2. The van der Waals surface area contributed by atoms with Crippen molar-refractivity contribution in [3.8, 4) is 0 Å². The summed E-state index contributed by atoms with van der Waals surface area (Å²) in [7, 11) is 0. The fourth-order valence-corrected chi connectivity index (χ4v) is 7.64. The number of hydrogen-bond donors (Lipinski definition) is 0. The maximum atomic E-state index is 11.3. The highest BCUT2D eigenvalue weighted by Crippen LogP contribution is 2.80. The van der Waals surface area contributed by atoms with E-state index in [2.05, 4.69) is 26.8 Å². The highest BCUT2D eigenvalue weighted by Gasteiger charge is 2.72. The molecule has 0 aromatic carbocycles. The Morgan fingerprint density at radius 1 is 1.18 bits per heavy atom. The Bertz CT molecular complexity index is 736. The Morgan fingerprint density at radius 3 is 2.75 bits per heavy atom. The van der Waals surface area contributed by atoms with Gasteiger partial charge < -0.3 is 9.47 Å². The lowest BCUT2D eigenvalue weighted by atomic mass is 9.50. The molecule has 154 valence electrons. The van der Waals surface area contributed by atoms with Crippen molar-refractivity contribution in [2.45, 2.75) is 84.7 Å². The summed E-state index contributed by atoms with van der Waals surface area (Å²) in [4.78, 5) is 11.3. The second-order valence-corrected chi connectivity index (χ2v) is 11.0. The predicted molar refractivity (Wildman–Crippen MR) is 110 cm³/mol. The summed E-state index contributed by atoms with van der Waals surface area (Å²) >= 11 is 0. The van der Waals surface area contributed by atoms with E-state index in [1.54, 1.807) is 6.08 Å². The fourth-order valence-electron chi connectivity index (χ4n) is 7.64. The van der Waals surface area contributed by atoms with Gasteiger partial charge in [0.25, 0.3) is 0 Å². The molecular formula is C25H36O3. The van der Waals surface area contributed by atoms with Crippen LogP contribution in [0, 0.1) is 28.1 Å². The number of cyclic esters (lactones) is 1. The first-order valence-electron chi connectivity index (χ1n) is 11.5. The van der Waals surface area contributed by atoms with E-state index in [0.717, 1.165) is 23.8 Å². The lowest BCUT2D eigenvalue weighted by molar-refractivity contribution is -0.135. The standard InChI is InChI=1S/C25H36O3/c1-17-8-12-25-16-23(25,2)10-4-5-21(25)24(17,3)11-9-18-6-7-20(27-14-18)19-13-22(26)28-15-19/h6,13,17,20-21H,4-5,7-12,14-16H2,1-3H3. The molecule has 0 bridgehead atoms. The molecule has 6 atom stereocenters. The number of rotatable bonds is 4. The summed E-state index contributed by atoms with van der Waals surface area (Å²) < 4.78 is 11.1. The molecule has 3 saturated carbocycles. The van der Waals surface area contributed by atoms with Gasteiger partial charge in [0.2, 0.25) is 0 Å². The highest BCUT2D eigenvalue weighted by atomic mass is 16.5. The molecule has 6 unspecified atom stereocenters. The zero-order valence-electron chi connectivity index (χ0n) is 17.9. The summed E-state index contributed by atoms with van der Waals surface area (Å²) in [5.74, 6) is 1.53. The smallest absolute Gasteiger partial charge is 0.331 e. The van der Waals surface area contributed by atoms with Crippen LogP contribution in [-0.4, -0.2) is 25.3 Å². The number of hydrogen-bond acceptors (Lipinski definition) is 3. The molecule has 0 amide bonds. The van der Waals surface area contributed by atoms with Crippen molar-refractivity contribution in [3.63, 3.8) is 0 Å². The average molecular weight is 385 g/mol. The van der Waals surface area contributed by atoms with Gasteiger partial charge in [0.15, 0.2) is 0 Å². The van der Waals surface area contributed by atoms with Crippen LogP contribution in [0.2, 0.25) is 0 Å². The fraction of sp³-hybridized carbons (Fsp3) is 0.800. The van der Waals surface area contributed by atoms with E-state index in [4.69, 9.17) is 9.47 Å². The molecule has 0 aromatic rings. The van der Waals surface area contributed by atoms with E-state index < -0.39 is 0 Å². The minimum Gasteiger partial charge on any atom is -0.458 e. The molecule has 1 spiro atoms. The molecule has 3 fully saturated rings. The van der Waals surface area contributed by atoms with Crippen LogP contribution in [0.15, 0.2) is 23.3 Å². The van der Waals surface area contributed by atoms with Crippen molar-refractivity contribution >= 4 is 5.97 Å². The molecule has 3 nitrogen and oxygen atoms in total. The van der Waals surface area contributed by atoms with Crippen molar-refractivity contribution in [1.82, 2.24) is 0 Å². The summed E-state index contributed by atoms with van der Waals surface area (Å²) in [5, 5.41) is 0. The number of ether oxygens (including phenoxy) is 2. The van der Waals surface area contributed by atoms with Crippen LogP contribution in [0.1, 0.15) is 78.6 Å². The minimum atomic E-state index is -0.221. The lowest BCUT2D eigenvalue weighted by Gasteiger charge is -2.55. The Kier molecular flexibility index (Phi) is 4.36.